The molecule has 0 aliphatic carbocycles. The molecule has 6 nitrogen and oxygen atoms in total. The van der Waals surface area contributed by atoms with Gasteiger partial charge in [0.1, 0.15) is 5.82 Å². The van der Waals surface area contributed by atoms with Gasteiger partial charge in [0.05, 0.1) is 5.69 Å². The van der Waals surface area contributed by atoms with Crippen molar-refractivity contribution in [3.05, 3.63) is 59.9 Å². The maximum Gasteiger partial charge on any atom is 0.323 e. The Morgan fingerprint density at radius 1 is 1.04 bits per heavy atom. The predicted molar refractivity (Wildman–Crippen MR) is 87.3 cm³/mol. The summed E-state index contributed by atoms with van der Waals surface area (Å²) in [6.45, 7) is 1.22. The molecular formula is C17H16FN3O3. The highest BCUT2D eigenvalue weighted by Gasteiger charge is 2.26. The van der Waals surface area contributed by atoms with Crippen LogP contribution in [0.3, 0.4) is 0 Å². The normalized spacial score (nSPS) is 10.1. The maximum atomic E-state index is 12.8. The Morgan fingerprint density at radius 2 is 1.62 bits per heavy atom. The Kier molecular flexibility index (Phi) is 5.26. The Hall–Kier alpha value is -3.22. The standard InChI is InChI=1S/C17H16FN3O3/c1-11(22)21(15-8-6-14(19)7-9-15)17(24)16(23)20-10-12-2-4-13(18)5-3-12/h2-9H,10,19H2,1H3,(H,20,23). The number of halogens is 1. The second-order valence-corrected chi connectivity index (χ2v) is 5.06. The Morgan fingerprint density at radius 3 is 2.17 bits per heavy atom. The molecule has 0 radical (unpaired) electrons. The first kappa shape index (κ1) is 17.1. The third kappa shape index (κ3) is 4.16. The fourth-order valence-electron chi connectivity index (χ4n) is 2.03. The number of nitrogens with one attached hydrogen (secondary N) is 1. The van der Waals surface area contributed by atoms with Gasteiger partial charge in [-0.05, 0) is 42.0 Å². The molecule has 0 heterocycles. The third-order valence-corrected chi connectivity index (χ3v) is 3.23. The lowest BCUT2D eigenvalue weighted by molar-refractivity contribution is -0.139. The van der Waals surface area contributed by atoms with E-state index in [9.17, 15) is 18.8 Å². The van der Waals surface area contributed by atoms with Crippen molar-refractivity contribution in [1.29, 1.82) is 0 Å². The first-order chi connectivity index (χ1) is 11.4. The molecule has 3 amide bonds. The van der Waals surface area contributed by atoms with Gasteiger partial charge >= 0.3 is 11.8 Å². The topological polar surface area (TPSA) is 92.5 Å². The largest absolute Gasteiger partial charge is 0.399 e. The number of rotatable bonds is 3. The van der Waals surface area contributed by atoms with Gasteiger partial charge in [-0.2, -0.15) is 0 Å². The lowest BCUT2D eigenvalue weighted by Crippen LogP contribution is -2.45. The van der Waals surface area contributed by atoms with E-state index in [1.807, 2.05) is 0 Å². The molecule has 2 aromatic carbocycles. The summed E-state index contributed by atoms with van der Waals surface area (Å²) in [5.74, 6) is -2.94. The molecule has 0 aromatic heterocycles. The molecular weight excluding hydrogens is 313 g/mol. The van der Waals surface area contributed by atoms with Gasteiger partial charge in [0.2, 0.25) is 5.91 Å². The summed E-state index contributed by atoms with van der Waals surface area (Å²) in [6, 6.07) is 11.5. The van der Waals surface area contributed by atoms with Gasteiger partial charge in [0, 0.05) is 19.2 Å². The van der Waals surface area contributed by atoms with E-state index < -0.39 is 23.5 Å². The number of nitrogens with two attached hydrogens (primary N) is 1. The zero-order chi connectivity index (χ0) is 17.7. The fraction of sp³-hybridized carbons (Fsp3) is 0.118. The summed E-state index contributed by atoms with van der Waals surface area (Å²) in [7, 11) is 0. The molecule has 7 heteroatoms. The highest BCUT2D eigenvalue weighted by Crippen LogP contribution is 2.17. The monoisotopic (exact) mass is 329 g/mol. The Balaban J connectivity index is 2.08. The van der Waals surface area contributed by atoms with Crippen LogP contribution in [0.5, 0.6) is 0 Å². The van der Waals surface area contributed by atoms with Crippen molar-refractivity contribution >= 4 is 29.1 Å². The molecule has 0 spiro atoms. The smallest absolute Gasteiger partial charge is 0.323 e. The van der Waals surface area contributed by atoms with Gasteiger partial charge in [-0.25, -0.2) is 9.29 Å². The summed E-state index contributed by atoms with van der Waals surface area (Å²) >= 11 is 0. The minimum atomic E-state index is -1.01. The van der Waals surface area contributed by atoms with Crippen LogP contribution in [0.2, 0.25) is 0 Å². The minimum absolute atomic E-state index is 0.0400. The van der Waals surface area contributed by atoms with Crippen molar-refractivity contribution < 1.29 is 18.8 Å². The first-order valence-electron chi connectivity index (χ1n) is 7.11. The number of imide groups is 1. The van der Waals surface area contributed by atoms with Crippen LogP contribution in [0, 0.1) is 5.82 Å². The second kappa shape index (κ2) is 7.36. The van der Waals surface area contributed by atoms with Crippen molar-refractivity contribution in [1.82, 2.24) is 5.32 Å². The average molecular weight is 329 g/mol. The molecule has 0 aliphatic rings. The lowest BCUT2D eigenvalue weighted by atomic mass is 10.2. The molecule has 124 valence electrons. The summed E-state index contributed by atoms with van der Waals surface area (Å²) < 4.78 is 12.8. The third-order valence-electron chi connectivity index (χ3n) is 3.23. The number of anilines is 2. The number of hydrogen-bond acceptors (Lipinski definition) is 4. The quantitative estimate of drug-likeness (QED) is 0.661. The second-order valence-electron chi connectivity index (χ2n) is 5.06. The van der Waals surface area contributed by atoms with Crippen LogP contribution in [0.25, 0.3) is 0 Å². The van der Waals surface area contributed by atoms with E-state index in [1.54, 1.807) is 0 Å². The SMILES string of the molecule is CC(=O)N(C(=O)C(=O)NCc1ccc(F)cc1)c1ccc(N)cc1. The molecule has 0 unspecified atom stereocenters. The van der Waals surface area contributed by atoms with Crippen LogP contribution in [0.4, 0.5) is 15.8 Å². The van der Waals surface area contributed by atoms with Gasteiger partial charge in [-0.3, -0.25) is 14.4 Å². The van der Waals surface area contributed by atoms with Gasteiger partial charge in [-0.1, -0.05) is 12.1 Å². The molecule has 0 fully saturated rings. The van der Waals surface area contributed by atoms with Crippen LogP contribution in [0.15, 0.2) is 48.5 Å². The van der Waals surface area contributed by atoms with E-state index in [4.69, 9.17) is 5.73 Å². The number of carbonyl (C=O) groups is 3. The van der Waals surface area contributed by atoms with Crippen molar-refractivity contribution in [2.75, 3.05) is 10.6 Å². The molecule has 2 aromatic rings. The van der Waals surface area contributed by atoms with Gasteiger partial charge in [0.25, 0.3) is 0 Å². The number of benzene rings is 2. The predicted octanol–water partition coefficient (Wildman–Crippen LogP) is 1.60. The van der Waals surface area contributed by atoms with Crippen molar-refractivity contribution in [3.8, 4) is 0 Å². The summed E-state index contributed by atoms with van der Waals surface area (Å²) in [5, 5.41) is 2.41. The number of nitrogen functional groups attached to an aromatic ring is 1. The number of hydrogen-bond donors (Lipinski definition) is 2. The number of carbonyl (C=O) groups excluding carboxylic acids is 3. The summed E-state index contributed by atoms with van der Waals surface area (Å²) in [4.78, 5) is 36.8. The highest BCUT2D eigenvalue weighted by atomic mass is 19.1. The molecule has 0 bridgehead atoms. The maximum absolute atomic E-state index is 12.8. The molecule has 0 saturated carbocycles. The van der Waals surface area contributed by atoms with Gasteiger partial charge in [0.15, 0.2) is 0 Å². The zero-order valence-corrected chi connectivity index (χ0v) is 13.0. The van der Waals surface area contributed by atoms with Gasteiger partial charge in [-0.15, -0.1) is 0 Å². The van der Waals surface area contributed by atoms with E-state index in [0.717, 1.165) is 4.90 Å². The fourth-order valence-corrected chi connectivity index (χ4v) is 2.03. The van der Waals surface area contributed by atoms with Crippen molar-refractivity contribution in [3.63, 3.8) is 0 Å². The van der Waals surface area contributed by atoms with E-state index >= 15 is 0 Å². The zero-order valence-electron chi connectivity index (χ0n) is 13.0. The van der Waals surface area contributed by atoms with E-state index in [-0.39, 0.29) is 12.2 Å². The van der Waals surface area contributed by atoms with Crippen LogP contribution in [-0.4, -0.2) is 17.7 Å². The summed E-state index contributed by atoms with van der Waals surface area (Å²) in [5.41, 5.74) is 6.91. The van der Waals surface area contributed by atoms with Crippen LogP contribution in [-0.2, 0) is 20.9 Å². The number of nitrogens with zero attached hydrogens (tertiary/aromatic N) is 1. The average Bonchev–Trinajstić information content (AvgIpc) is 2.55. The van der Waals surface area contributed by atoms with Crippen molar-refractivity contribution in [2.45, 2.75) is 13.5 Å². The van der Waals surface area contributed by atoms with Crippen LogP contribution in [0.1, 0.15) is 12.5 Å². The first-order valence-corrected chi connectivity index (χ1v) is 7.11. The Labute approximate surface area is 138 Å². The van der Waals surface area contributed by atoms with E-state index in [2.05, 4.69) is 5.32 Å². The number of amides is 3. The van der Waals surface area contributed by atoms with Crippen LogP contribution >= 0.6 is 0 Å². The summed E-state index contributed by atoms with van der Waals surface area (Å²) in [6.07, 6.45) is 0. The molecule has 3 N–H and O–H groups in total. The highest BCUT2D eigenvalue weighted by molar-refractivity contribution is 6.45. The van der Waals surface area contributed by atoms with E-state index in [1.165, 1.54) is 55.5 Å². The molecule has 0 atom stereocenters. The Bertz CT molecular complexity index is 758. The van der Waals surface area contributed by atoms with Crippen LogP contribution < -0.4 is 16.0 Å². The van der Waals surface area contributed by atoms with Crippen molar-refractivity contribution in [2.24, 2.45) is 0 Å². The molecule has 24 heavy (non-hydrogen) atoms. The molecule has 0 saturated heterocycles. The lowest BCUT2D eigenvalue weighted by Gasteiger charge is -2.18. The van der Waals surface area contributed by atoms with E-state index in [0.29, 0.717) is 11.3 Å². The van der Waals surface area contributed by atoms with Gasteiger partial charge < -0.3 is 11.1 Å². The minimum Gasteiger partial charge on any atom is -0.399 e. The molecule has 2 rings (SSSR count). The molecule has 0 aliphatic heterocycles.